The molecule has 0 amide bonds. The van der Waals surface area contributed by atoms with Gasteiger partial charge in [0.15, 0.2) is 0 Å². The van der Waals surface area contributed by atoms with E-state index in [-0.39, 0.29) is 0 Å². The van der Waals surface area contributed by atoms with E-state index in [4.69, 9.17) is 0 Å². The maximum atomic E-state index is 2.24. The molecule has 0 saturated heterocycles. The van der Waals surface area contributed by atoms with Gasteiger partial charge >= 0.3 is 0 Å². The van der Waals surface area contributed by atoms with Gasteiger partial charge in [0, 0.05) is 29.2 Å². The maximum absolute atomic E-state index is 2.24. The normalized spacial score (nSPS) is 12.2. The zero-order chi connectivity index (χ0) is 11.5. The van der Waals surface area contributed by atoms with E-state index in [1.165, 1.54) is 22.2 Å². The molecule has 0 N–H and O–H groups in total. The van der Waals surface area contributed by atoms with Crippen molar-refractivity contribution in [1.82, 2.24) is 4.57 Å². The van der Waals surface area contributed by atoms with Crippen LogP contribution in [0, 0.1) is 0 Å². The fraction of sp³-hybridized carbons (Fsp3) is 0.200. The quantitative estimate of drug-likeness (QED) is 0.700. The topological polar surface area (TPSA) is 4.93 Å². The summed E-state index contributed by atoms with van der Waals surface area (Å²) in [6, 6.07) is 8.52. The van der Waals surface area contributed by atoms with Gasteiger partial charge in [0.25, 0.3) is 0 Å². The molecule has 0 aliphatic heterocycles. The maximum Gasteiger partial charge on any atom is 0.0488 e. The largest absolute Gasteiger partial charge is 0.344 e. The molecule has 82 valence electrons. The van der Waals surface area contributed by atoms with E-state index < -0.39 is 0 Å². The number of nitrogens with zero attached hydrogens (tertiary/aromatic N) is 1. The molecule has 1 aromatic carbocycles. The summed E-state index contributed by atoms with van der Waals surface area (Å²) >= 11 is 0. The molecular weight excluding hydrogens is 194 g/mol. The van der Waals surface area contributed by atoms with E-state index in [1.807, 2.05) is 0 Å². The Morgan fingerprint density at radius 2 is 1.69 bits per heavy atom. The van der Waals surface area contributed by atoms with E-state index in [0.717, 1.165) is 0 Å². The zero-order valence-electron chi connectivity index (χ0n) is 10.1. The molecular formula is C15H17N. The second-order valence-electron chi connectivity index (χ2n) is 3.88. The lowest BCUT2D eigenvalue weighted by molar-refractivity contribution is 0.953. The number of hydrogen-bond donors (Lipinski definition) is 0. The van der Waals surface area contributed by atoms with Gasteiger partial charge in [-0.3, -0.25) is 0 Å². The Morgan fingerprint density at radius 3 is 2.38 bits per heavy atom. The lowest BCUT2D eigenvalue weighted by Crippen LogP contribution is -1.90. The van der Waals surface area contributed by atoms with E-state index in [2.05, 4.69) is 74.0 Å². The molecule has 0 bridgehead atoms. The second kappa shape index (κ2) is 4.40. The number of hydrogen-bond acceptors (Lipinski definition) is 0. The van der Waals surface area contributed by atoms with Crippen molar-refractivity contribution in [3.05, 3.63) is 47.7 Å². The van der Waals surface area contributed by atoms with Crippen LogP contribution < -0.4 is 0 Å². The van der Waals surface area contributed by atoms with Crippen molar-refractivity contribution in [2.45, 2.75) is 13.8 Å². The molecule has 1 heteroatoms. The number of aryl methyl sites for hydroxylation is 1. The molecule has 0 atom stereocenters. The van der Waals surface area contributed by atoms with Crippen LogP contribution in [0.2, 0.25) is 0 Å². The monoisotopic (exact) mass is 211 g/mol. The Labute approximate surface area is 96.7 Å². The molecule has 0 unspecified atom stereocenters. The highest BCUT2D eigenvalue weighted by Crippen LogP contribution is 2.27. The lowest BCUT2D eigenvalue weighted by atomic mass is 10.1. The highest BCUT2D eigenvalue weighted by Gasteiger charge is 2.09. The number of aromatic nitrogens is 1. The van der Waals surface area contributed by atoms with Gasteiger partial charge < -0.3 is 4.57 Å². The minimum absolute atomic E-state index is 1.27. The molecule has 2 rings (SSSR count). The third-order valence-corrected chi connectivity index (χ3v) is 2.85. The van der Waals surface area contributed by atoms with Gasteiger partial charge in [-0.1, -0.05) is 36.4 Å². The van der Waals surface area contributed by atoms with Gasteiger partial charge in [-0.05, 0) is 26.0 Å². The molecule has 0 saturated carbocycles. The summed E-state index contributed by atoms with van der Waals surface area (Å²) in [6.07, 6.45) is 8.52. The van der Waals surface area contributed by atoms with Crippen molar-refractivity contribution in [3.8, 4) is 0 Å². The molecule has 16 heavy (non-hydrogen) atoms. The summed E-state index contributed by atoms with van der Waals surface area (Å²) in [5.74, 6) is 0. The first kappa shape index (κ1) is 10.7. The van der Waals surface area contributed by atoms with Crippen LogP contribution in [0.4, 0.5) is 0 Å². The average molecular weight is 211 g/mol. The van der Waals surface area contributed by atoms with Crippen LogP contribution in [-0.2, 0) is 7.05 Å². The van der Waals surface area contributed by atoms with Gasteiger partial charge in [0.2, 0.25) is 0 Å². The molecule has 0 aliphatic carbocycles. The van der Waals surface area contributed by atoms with Crippen LogP contribution in [0.25, 0.3) is 23.1 Å². The lowest BCUT2D eigenvalue weighted by Gasteiger charge is -1.99. The number of rotatable bonds is 2. The minimum atomic E-state index is 1.27. The molecule has 0 radical (unpaired) electrons. The first-order chi connectivity index (χ1) is 7.79. The van der Waals surface area contributed by atoms with Gasteiger partial charge in [0.1, 0.15) is 0 Å². The highest BCUT2D eigenvalue weighted by atomic mass is 14.9. The minimum Gasteiger partial charge on any atom is -0.344 e. The van der Waals surface area contributed by atoms with Crippen LogP contribution in [0.1, 0.15) is 25.1 Å². The summed E-state index contributed by atoms with van der Waals surface area (Å²) in [7, 11) is 2.12. The van der Waals surface area contributed by atoms with Crippen molar-refractivity contribution in [2.24, 2.45) is 7.05 Å². The fourth-order valence-electron chi connectivity index (χ4n) is 2.14. The van der Waals surface area contributed by atoms with Crippen LogP contribution in [0.5, 0.6) is 0 Å². The smallest absolute Gasteiger partial charge is 0.0488 e. The third-order valence-electron chi connectivity index (χ3n) is 2.85. The third kappa shape index (κ3) is 1.58. The summed E-state index contributed by atoms with van der Waals surface area (Å²) in [4.78, 5) is 0. The molecule has 0 fully saturated rings. The first-order valence-electron chi connectivity index (χ1n) is 5.62. The number of para-hydroxylation sites is 1. The van der Waals surface area contributed by atoms with E-state index in [1.54, 1.807) is 0 Å². The van der Waals surface area contributed by atoms with Crippen molar-refractivity contribution in [2.75, 3.05) is 0 Å². The first-order valence-corrected chi connectivity index (χ1v) is 5.62. The SMILES string of the molecule is C/C=C\c1c(/C=C\C)n(C)c2ccccc12. The molecule has 1 aromatic heterocycles. The van der Waals surface area contributed by atoms with Gasteiger partial charge in [-0.25, -0.2) is 0 Å². The summed E-state index contributed by atoms with van der Waals surface area (Å²) in [5.41, 5.74) is 3.85. The van der Waals surface area contributed by atoms with Gasteiger partial charge in [-0.15, -0.1) is 0 Å². The van der Waals surface area contributed by atoms with Crippen molar-refractivity contribution >= 4 is 23.1 Å². The average Bonchev–Trinajstić information content (AvgIpc) is 2.57. The summed E-state index contributed by atoms with van der Waals surface area (Å²) < 4.78 is 2.24. The number of allylic oxidation sites excluding steroid dienone is 2. The Balaban J connectivity index is 2.85. The Hall–Kier alpha value is -1.76. The van der Waals surface area contributed by atoms with E-state index in [9.17, 15) is 0 Å². The Morgan fingerprint density at radius 1 is 1.00 bits per heavy atom. The second-order valence-corrected chi connectivity index (χ2v) is 3.88. The van der Waals surface area contributed by atoms with E-state index >= 15 is 0 Å². The number of benzene rings is 1. The van der Waals surface area contributed by atoms with Crippen molar-refractivity contribution in [1.29, 1.82) is 0 Å². The van der Waals surface area contributed by atoms with Crippen LogP contribution in [0.15, 0.2) is 36.4 Å². The fourth-order valence-corrected chi connectivity index (χ4v) is 2.14. The highest BCUT2D eigenvalue weighted by molar-refractivity contribution is 5.93. The number of fused-ring (bicyclic) bond motifs is 1. The Kier molecular flexibility index (Phi) is 2.95. The van der Waals surface area contributed by atoms with Crippen molar-refractivity contribution < 1.29 is 0 Å². The van der Waals surface area contributed by atoms with Crippen LogP contribution in [0.3, 0.4) is 0 Å². The zero-order valence-corrected chi connectivity index (χ0v) is 10.1. The van der Waals surface area contributed by atoms with Gasteiger partial charge in [-0.2, -0.15) is 0 Å². The van der Waals surface area contributed by atoms with Gasteiger partial charge in [0.05, 0.1) is 0 Å². The molecule has 2 aromatic rings. The van der Waals surface area contributed by atoms with Crippen molar-refractivity contribution in [3.63, 3.8) is 0 Å². The summed E-state index contributed by atoms with van der Waals surface area (Å²) in [6.45, 7) is 4.11. The molecule has 0 spiro atoms. The predicted molar refractivity (Wildman–Crippen MR) is 72.3 cm³/mol. The van der Waals surface area contributed by atoms with E-state index in [0.29, 0.717) is 0 Å². The summed E-state index contributed by atoms with van der Waals surface area (Å²) in [5, 5.41) is 1.32. The molecule has 1 heterocycles. The predicted octanol–water partition coefficient (Wildman–Crippen LogP) is 4.24. The Bertz CT molecular complexity index is 556. The van der Waals surface area contributed by atoms with Crippen LogP contribution in [-0.4, -0.2) is 4.57 Å². The van der Waals surface area contributed by atoms with Crippen LogP contribution >= 0.6 is 0 Å². The molecule has 1 nitrogen and oxygen atoms in total. The molecule has 0 aliphatic rings. The standard InChI is InChI=1S/C15H17N/c1-4-8-12-13-10-6-7-11-15(13)16(3)14(12)9-5-2/h4-11H,1-3H3/b8-4-,9-5-.